The highest BCUT2D eigenvalue weighted by Gasteiger charge is 2.19. The summed E-state index contributed by atoms with van der Waals surface area (Å²) in [5, 5.41) is 12.0. The Balaban J connectivity index is 1.58. The molecular formula is C20H20ClFN4O4S2. The second-order valence-electron chi connectivity index (χ2n) is 6.46. The van der Waals surface area contributed by atoms with Crippen LogP contribution in [0, 0.1) is 5.82 Å². The summed E-state index contributed by atoms with van der Waals surface area (Å²) in [6.45, 7) is 2.03. The standard InChI is InChI=1S/C20H20ClFN4O4S2/c1-4-12-8-13(19(28)29-3)18(32-12)23-17(27)10-31-20-25-24-16(26(20)2)9-30-15-6-5-11(22)7-14(15)21/h5-8H,4,9-10H2,1-3H3,(H,23,27). The van der Waals surface area contributed by atoms with E-state index in [-0.39, 0.29) is 23.3 Å². The fourth-order valence-corrected chi connectivity index (χ4v) is 4.55. The van der Waals surface area contributed by atoms with Crippen molar-refractivity contribution in [3.05, 3.63) is 51.4 Å². The minimum atomic E-state index is -0.497. The summed E-state index contributed by atoms with van der Waals surface area (Å²) in [7, 11) is 3.04. The zero-order valence-corrected chi connectivity index (χ0v) is 19.9. The van der Waals surface area contributed by atoms with Gasteiger partial charge in [-0.2, -0.15) is 0 Å². The Morgan fingerprint density at radius 2 is 2.09 bits per heavy atom. The second-order valence-corrected chi connectivity index (χ2v) is 8.95. The lowest BCUT2D eigenvalue weighted by Gasteiger charge is -2.08. The molecular weight excluding hydrogens is 479 g/mol. The number of thiophene rings is 1. The maximum Gasteiger partial charge on any atom is 0.340 e. The van der Waals surface area contributed by atoms with Crippen molar-refractivity contribution in [1.82, 2.24) is 14.8 Å². The molecule has 170 valence electrons. The molecule has 0 aliphatic heterocycles. The molecule has 0 aliphatic rings. The van der Waals surface area contributed by atoms with Crippen LogP contribution in [-0.2, 0) is 29.6 Å². The van der Waals surface area contributed by atoms with Crippen molar-refractivity contribution in [2.24, 2.45) is 7.05 Å². The molecule has 0 radical (unpaired) electrons. The number of anilines is 1. The number of hydrogen-bond donors (Lipinski definition) is 1. The van der Waals surface area contributed by atoms with E-state index in [1.54, 1.807) is 17.7 Å². The van der Waals surface area contributed by atoms with E-state index in [4.69, 9.17) is 21.1 Å². The summed E-state index contributed by atoms with van der Waals surface area (Å²) in [5.41, 5.74) is 0.338. The molecule has 0 spiro atoms. The third kappa shape index (κ3) is 5.78. The van der Waals surface area contributed by atoms with E-state index in [0.717, 1.165) is 17.4 Å². The quantitative estimate of drug-likeness (QED) is 0.346. The first kappa shape index (κ1) is 24.0. The Morgan fingerprint density at radius 3 is 2.78 bits per heavy atom. The summed E-state index contributed by atoms with van der Waals surface area (Å²) in [4.78, 5) is 25.3. The Hall–Kier alpha value is -2.63. The largest absolute Gasteiger partial charge is 0.484 e. The van der Waals surface area contributed by atoms with Crippen LogP contribution in [0.4, 0.5) is 9.39 Å². The fourth-order valence-electron chi connectivity index (χ4n) is 2.59. The van der Waals surface area contributed by atoms with Gasteiger partial charge in [0.05, 0.1) is 23.4 Å². The summed E-state index contributed by atoms with van der Waals surface area (Å²) >= 11 is 8.49. The molecule has 0 saturated heterocycles. The van der Waals surface area contributed by atoms with Crippen LogP contribution in [0.1, 0.15) is 28.0 Å². The second kappa shape index (κ2) is 10.8. The lowest BCUT2D eigenvalue weighted by atomic mass is 10.2. The van der Waals surface area contributed by atoms with E-state index in [9.17, 15) is 14.0 Å². The van der Waals surface area contributed by atoms with Gasteiger partial charge < -0.3 is 19.4 Å². The van der Waals surface area contributed by atoms with Gasteiger partial charge in [-0.25, -0.2) is 9.18 Å². The molecule has 0 aliphatic carbocycles. The van der Waals surface area contributed by atoms with E-state index in [1.165, 1.54) is 42.3 Å². The van der Waals surface area contributed by atoms with E-state index >= 15 is 0 Å². The van der Waals surface area contributed by atoms with E-state index in [1.807, 2.05) is 6.92 Å². The van der Waals surface area contributed by atoms with Crippen LogP contribution in [0.2, 0.25) is 5.02 Å². The van der Waals surface area contributed by atoms with Gasteiger partial charge in [0.15, 0.2) is 11.0 Å². The van der Waals surface area contributed by atoms with E-state index < -0.39 is 11.8 Å². The molecule has 2 heterocycles. The van der Waals surface area contributed by atoms with Crippen molar-refractivity contribution in [2.75, 3.05) is 18.2 Å². The number of rotatable bonds is 9. The lowest BCUT2D eigenvalue weighted by molar-refractivity contribution is -0.113. The van der Waals surface area contributed by atoms with Gasteiger partial charge in [0.25, 0.3) is 0 Å². The van der Waals surface area contributed by atoms with Crippen LogP contribution in [0.3, 0.4) is 0 Å². The van der Waals surface area contributed by atoms with Crippen molar-refractivity contribution in [2.45, 2.75) is 25.1 Å². The summed E-state index contributed by atoms with van der Waals surface area (Å²) in [6, 6.07) is 5.57. The average molecular weight is 499 g/mol. The summed E-state index contributed by atoms with van der Waals surface area (Å²) in [5.74, 6) is -0.339. The molecule has 3 rings (SSSR count). The van der Waals surface area contributed by atoms with Gasteiger partial charge in [0.2, 0.25) is 5.91 Å². The van der Waals surface area contributed by atoms with Crippen LogP contribution >= 0.6 is 34.7 Å². The number of thioether (sulfide) groups is 1. The molecule has 12 heteroatoms. The molecule has 0 saturated carbocycles. The Morgan fingerprint density at radius 1 is 1.31 bits per heavy atom. The zero-order valence-electron chi connectivity index (χ0n) is 17.5. The number of hydrogen-bond acceptors (Lipinski definition) is 8. The van der Waals surface area contributed by atoms with E-state index in [2.05, 4.69) is 15.5 Å². The normalized spacial score (nSPS) is 10.8. The number of aromatic nitrogens is 3. The predicted molar refractivity (Wildman–Crippen MR) is 121 cm³/mol. The average Bonchev–Trinajstić information content (AvgIpc) is 3.34. The summed E-state index contributed by atoms with van der Waals surface area (Å²) in [6.07, 6.45) is 0.742. The van der Waals surface area contributed by atoms with Crippen LogP contribution < -0.4 is 10.1 Å². The Labute approximate surface area is 197 Å². The topological polar surface area (TPSA) is 95.3 Å². The van der Waals surface area contributed by atoms with Crippen molar-refractivity contribution in [3.63, 3.8) is 0 Å². The van der Waals surface area contributed by atoms with Gasteiger partial charge in [-0.3, -0.25) is 4.79 Å². The van der Waals surface area contributed by atoms with Gasteiger partial charge in [0, 0.05) is 11.9 Å². The third-order valence-corrected chi connectivity index (χ3v) is 6.81. The number of aryl methyl sites for hydroxylation is 1. The number of methoxy groups -OCH3 is 1. The number of carbonyl (C=O) groups excluding carboxylic acids is 2. The number of benzene rings is 1. The fraction of sp³-hybridized carbons (Fsp3) is 0.300. The minimum Gasteiger partial charge on any atom is -0.484 e. The highest BCUT2D eigenvalue weighted by Crippen LogP contribution is 2.30. The van der Waals surface area contributed by atoms with Gasteiger partial charge in [-0.15, -0.1) is 21.5 Å². The SMILES string of the molecule is CCc1cc(C(=O)OC)c(NC(=O)CSc2nnc(COc3ccc(F)cc3Cl)n2C)s1. The highest BCUT2D eigenvalue weighted by atomic mass is 35.5. The van der Waals surface area contributed by atoms with Gasteiger partial charge in [-0.05, 0) is 30.7 Å². The first-order valence-electron chi connectivity index (χ1n) is 9.42. The third-order valence-electron chi connectivity index (χ3n) is 4.30. The molecule has 1 amide bonds. The number of ether oxygens (including phenoxy) is 2. The molecule has 0 fully saturated rings. The minimum absolute atomic E-state index is 0.0661. The van der Waals surface area contributed by atoms with Crippen molar-refractivity contribution in [1.29, 1.82) is 0 Å². The Kier molecular flexibility index (Phi) is 8.10. The number of nitrogens with one attached hydrogen (secondary N) is 1. The first-order valence-corrected chi connectivity index (χ1v) is 11.6. The van der Waals surface area contributed by atoms with E-state index in [0.29, 0.717) is 27.3 Å². The van der Waals surface area contributed by atoms with Crippen LogP contribution in [-0.4, -0.2) is 39.5 Å². The summed E-state index contributed by atoms with van der Waals surface area (Å²) < 4.78 is 25.2. The highest BCUT2D eigenvalue weighted by molar-refractivity contribution is 7.99. The van der Waals surface area contributed by atoms with Gasteiger partial charge >= 0.3 is 5.97 Å². The van der Waals surface area contributed by atoms with Crippen molar-refractivity contribution >= 4 is 51.6 Å². The molecule has 8 nitrogen and oxygen atoms in total. The molecule has 1 aromatic carbocycles. The number of esters is 1. The molecule has 1 N–H and O–H groups in total. The number of amides is 1. The molecule has 32 heavy (non-hydrogen) atoms. The zero-order chi connectivity index (χ0) is 23.3. The Bertz CT molecular complexity index is 1140. The lowest BCUT2D eigenvalue weighted by Crippen LogP contribution is -2.16. The predicted octanol–water partition coefficient (Wildman–Crippen LogP) is 4.33. The van der Waals surface area contributed by atoms with Crippen LogP contribution in [0.5, 0.6) is 5.75 Å². The van der Waals surface area contributed by atoms with Crippen LogP contribution in [0.25, 0.3) is 0 Å². The van der Waals surface area contributed by atoms with Crippen LogP contribution in [0.15, 0.2) is 29.4 Å². The molecule has 3 aromatic rings. The van der Waals surface area contributed by atoms with Crippen molar-refractivity contribution < 1.29 is 23.5 Å². The maximum absolute atomic E-state index is 13.1. The smallest absolute Gasteiger partial charge is 0.340 e. The number of nitrogens with zero attached hydrogens (tertiary/aromatic N) is 3. The molecule has 0 bridgehead atoms. The van der Waals surface area contributed by atoms with Gasteiger partial charge in [0.1, 0.15) is 23.2 Å². The number of halogens is 2. The molecule has 0 unspecified atom stereocenters. The maximum atomic E-state index is 13.1. The first-order chi connectivity index (χ1) is 15.3. The van der Waals surface area contributed by atoms with Crippen molar-refractivity contribution in [3.8, 4) is 5.75 Å². The molecule has 0 atom stereocenters. The molecule has 2 aromatic heterocycles. The van der Waals surface area contributed by atoms with Gasteiger partial charge in [-0.1, -0.05) is 30.3 Å². The monoisotopic (exact) mass is 498 g/mol. The number of carbonyl (C=O) groups is 2.